The van der Waals surface area contributed by atoms with Gasteiger partial charge in [-0.1, -0.05) is 42.5 Å². The highest BCUT2D eigenvalue weighted by Gasteiger charge is 2.60. The SMILES string of the molecule is COc1ccc(S[C@]2(C(=O)N3CCCC3)CC(=O)N(C(=O)/C=C/c3ccccc3)[C@@H]2c2ccc(OC)cc2)cc1. The van der Waals surface area contributed by atoms with Crippen molar-refractivity contribution in [3.8, 4) is 11.5 Å². The molecule has 2 aliphatic heterocycles. The third-order valence-corrected chi connectivity index (χ3v) is 8.80. The Morgan fingerprint density at radius 1 is 0.875 bits per heavy atom. The summed E-state index contributed by atoms with van der Waals surface area (Å²) in [6, 6.07) is 23.3. The molecule has 0 unspecified atom stereocenters. The number of nitrogens with zero attached hydrogens (tertiary/aromatic N) is 2. The second kappa shape index (κ2) is 12.0. The van der Waals surface area contributed by atoms with Crippen molar-refractivity contribution in [2.75, 3.05) is 27.3 Å². The second-order valence-electron chi connectivity index (χ2n) is 9.86. The molecule has 0 N–H and O–H groups in total. The normalized spacial score (nSPS) is 20.8. The van der Waals surface area contributed by atoms with Crippen LogP contribution in [0, 0.1) is 0 Å². The number of amides is 3. The molecule has 5 rings (SSSR count). The average Bonchev–Trinajstić information content (AvgIpc) is 3.63. The van der Waals surface area contributed by atoms with Gasteiger partial charge in [-0.2, -0.15) is 0 Å². The number of imide groups is 1. The summed E-state index contributed by atoms with van der Waals surface area (Å²) < 4.78 is 9.44. The van der Waals surface area contributed by atoms with Crippen LogP contribution < -0.4 is 9.47 Å². The van der Waals surface area contributed by atoms with Crippen molar-refractivity contribution in [1.29, 1.82) is 0 Å². The molecule has 2 fully saturated rings. The first-order valence-electron chi connectivity index (χ1n) is 13.3. The summed E-state index contributed by atoms with van der Waals surface area (Å²) in [6.45, 7) is 1.27. The summed E-state index contributed by atoms with van der Waals surface area (Å²) in [5.41, 5.74) is 1.54. The van der Waals surface area contributed by atoms with Crippen LogP contribution >= 0.6 is 11.8 Å². The van der Waals surface area contributed by atoms with Gasteiger partial charge in [0, 0.05) is 24.1 Å². The lowest BCUT2D eigenvalue weighted by molar-refractivity contribution is -0.140. The Morgan fingerprint density at radius 3 is 2.08 bits per heavy atom. The molecule has 3 amide bonds. The lowest BCUT2D eigenvalue weighted by Crippen LogP contribution is -2.49. The highest BCUT2D eigenvalue weighted by atomic mass is 32.2. The van der Waals surface area contributed by atoms with Crippen LogP contribution in [-0.2, 0) is 14.4 Å². The zero-order chi connectivity index (χ0) is 28.1. The van der Waals surface area contributed by atoms with E-state index in [0.29, 0.717) is 30.2 Å². The molecule has 7 nitrogen and oxygen atoms in total. The predicted molar refractivity (Wildman–Crippen MR) is 155 cm³/mol. The molecule has 0 spiro atoms. The van der Waals surface area contributed by atoms with Gasteiger partial charge in [0.2, 0.25) is 11.8 Å². The van der Waals surface area contributed by atoms with E-state index in [9.17, 15) is 14.4 Å². The zero-order valence-electron chi connectivity index (χ0n) is 22.6. The molecule has 0 aliphatic carbocycles. The number of hydrogen-bond donors (Lipinski definition) is 0. The first kappa shape index (κ1) is 27.5. The Balaban J connectivity index is 1.62. The quantitative estimate of drug-likeness (QED) is 0.347. The van der Waals surface area contributed by atoms with Crippen molar-refractivity contribution in [1.82, 2.24) is 9.80 Å². The molecule has 2 heterocycles. The number of methoxy groups -OCH3 is 2. The van der Waals surface area contributed by atoms with Gasteiger partial charge in [-0.05, 0) is 66.4 Å². The van der Waals surface area contributed by atoms with Crippen molar-refractivity contribution >= 4 is 35.6 Å². The molecular formula is C32H32N2O5S. The predicted octanol–water partition coefficient (Wildman–Crippen LogP) is 5.37. The van der Waals surface area contributed by atoms with Gasteiger partial charge in [-0.25, -0.2) is 0 Å². The summed E-state index contributed by atoms with van der Waals surface area (Å²) in [6.07, 6.45) is 4.84. The third kappa shape index (κ3) is 5.49. The number of likely N-dealkylation sites (tertiary alicyclic amines) is 2. The van der Waals surface area contributed by atoms with Crippen LogP contribution in [0.4, 0.5) is 0 Å². The van der Waals surface area contributed by atoms with E-state index in [1.54, 1.807) is 32.4 Å². The Kier molecular flexibility index (Phi) is 8.26. The third-order valence-electron chi connectivity index (χ3n) is 7.38. The number of benzene rings is 3. The van der Waals surface area contributed by atoms with E-state index in [1.165, 1.54) is 22.7 Å². The van der Waals surface area contributed by atoms with Crippen LogP contribution in [0.3, 0.4) is 0 Å². The fourth-order valence-electron chi connectivity index (χ4n) is 5.40. The number of carbonyl (C=O) groups is 3. The highest BCUT2D eigenvalue weighted by molar-refractivity contribution is 8.01. The Morgan fingerprint density at radius 2 is 1.48 bits per heavy atom. The molecule has 2 aliphatic rings. The van der Waals surface area contributed by atoms with Crippen LogP contribution in [0.25, 0.3) is 6.08 Å². The molecule has 40 heavy (non-hydrogen) atoms. The maximum Gasteiger partial charge on any atom is 0.253 e. The zero-order valence-corrected chi connectivity index (χ0v) is 23.4. The Labute approximate surface area is 238 Å². The van der Waals surface area contributed by atoms with E-state index in [1.807, 2.05) is 71.6 Å². The van der Waals surface area contributed by atoms with E-state index < -0.39 is 16.7 Å². The number of hydrogen-bond acceptors (Lipinski definition) is 6. The smallest absolute Gasteiger partial charge is 0.253 e. The first-order valence-corrected chi connectivity index (χ1v) is 14.1. The van der Waals surface area contributed by atoms with Gasteiger partial charge in [-0.3, -0.25) is 19.3 Å². The number of thioether (sulfide) groups is 1. The molecule has 2 atom stereocenters. The van der Waals surface area contributed by atoms with E-state index in [2.05, 4.69) is 0 Å². The van der Waals surface area contributed by atoms with Crippen molar-refractivity contribution in [3.63, 3.8) is 0 Å². The minimum atomic E-state index is -1.25. The van der Waals surface area contributed by atoms with Gasteiger partial charge in [0.05, 0.1) is 26.7 Å². The first-order chi connectivity index (χ1) is 19.4. The Bertz CT molecular complexity index is 1390. The lowest BCUT2D eigenvalue weighted by atomic mass is 9.91. The summed E-state index contributed by atoms with van der Waals surface area (Å²) in [5.74, 6) is 0.385. The van der Waals surface area contributed by atoms with Gasteiger partial charge >= 0.3 is 0 Å². The summed E-state index contributed by atoms with van der Waals surface area (Å²) >= 11 is 1.35. The molecule has 206 valence electrons. The van der Waals surface area contributed by atoms with Crippen LogP contribution in [0.5, 0.6) is 11.5 Å². The van der Waals surface area contributed by atoms with E-state index in [4.69, 9.17) is 9.47 Å². The molecule has 0 radical (unpaired) electrons. The number of rotatable bonds is 8. The van der Waals surface area contributed by atoms with E-state index >= 15 is 0 Å². The summed E-state index contributed by atoms with van der Waals surface area (Å²) in [5, 5.41) is 0. The second-order valence-corrected chi connectivity index (χ2v) is 11.3. The minimum absolute atomic E-state index is 0.0966. The largest absolute Gasteiger partial charge is 0.497 e. The average molecular weight is 557 g/mol. The lowest BCUT2D eigenvalue weighted by Gasteiger charge is -2.38. The van der Waals surface area contributed by atoms with E-state index in [0.717, 1.165) is 23.3 Å². The van der Waals surface area contributed by atoms with Gasteiger partial charge in [0.25, 0.3) is 5.91 Å². The topological polar surface area (TPSA) is 76.2 Å². The van der Waals surface area contributed by atoms with Crippen molar-refractivity contribution in [2.45, 2.75) is 34.9 Å². The molecule has 3 aromatic rings. The number of carbonyl (C=O) groups excluding carboxylic acids is 3. The maximum absolute atomic E-state index is 14.4. The fraction of sp³-hybridized carbons (Fsp3) is 0.281. The van der Waals surface area contributed by atoms with Gasteiger partial charge in [-0.15, -0.1) is 11.8 Å². The Hall–Kier alpha value is -4.04. The van der Waals surface area contributed by atoms with Crippen molar-refractivity contribution in [2.24, 2.45) is 0 Å². The van der Waals surface area contributed by atoms with Crippen molar-refractivity contribution < 1.29 is 23.9 Å². The minimum Gasteiger partial charge on any atom is -0.497 e. The maximum atomic E-state index is 14.4. The molecule has 0 aromatic heterocycles. The molecular weight excluding hydrogens is 524 g/mol. The molecule has 8 heteroatoms. The number of ether oxygens (including phenoxy) is 2. The standard InChI is InChI=1S/C32H32N2O5S/c1-38-25-13-11-24(12-14-25)30-32(31(37)33-20-6-7-21-33,40-27-17-15-26(39-2)16-18-27)22-29(36)34(30)28(35)19-10-23-8-4-3-5-9-23/h3-5,8-19,30H,6-7,20-22H2,1-2H3/b19-10+/t30-,32-/m1/s1. The monoisotopic (exact) mass is 556 g/mol. The molecule has 0 bridgehead atoms. The van der Waals surface area contributed by atoms with Crippen LogP contribution in [0.1, 0.15) is 36.4 Å². The van der Waals surface area contributed by atoms with Crippen molar-refractivity contribution in [3.05, 3.63) is 96.1 Å². The highest BCUT2D eigenvalue weighted by Crippen LogP contribution is 2.54. The molecule has 3 aromatic carbocycles. The van der Waals surface area contributed by atoms with Gasteiger partial charge < -0.3 is 14.4 Å². The summed E-state index contributed by atoms with van der Waals surface area (Å²) in [4.78, 5) is 45.9. The molecule has 0 saturated carbocycles. The van der Waals surface area contributed by atoms with Crippen LogP contribution in [0.15, 0.2) is 89.8 Å². The summed E-state index contributed by atoms with van der Waals surface area (Å²) in [7, 11) is 3.18. The van der Waals surface area contributed by atoms with Gasteiger partial charge in [0.1, 0.15) is 16.2 Å². The van der Waals surface area contributed by atoms with Crippen LogP contribution in [-0.4, -0.2) is 59.6 Å². The molecule has 2 saturated heterocycles. The van der Waals surface area contributed by atoms with E-state index in [-0.39, 0.29) is 18.2 Å². The van der Waals surface area contributed by atoms with Crippen LogP contribution in [0.2, 0.25) is 0 Å². The fourth-order valence-corrected chi connectivity index (χ4v) is 6.85. The van der Waals surface area contributed by atoms with Gasteiger partial charge in [0.15, 0.2) is 0 Å².